The van der Waals surface area contributed by atoms with E-state index in [0.29, 0.717) is 5.82 Å². The molecule has 0 bridgehead atoms. The molecule has 0 spiro atoms. The van der Waals surface area contributed by atoms with E-state index in [1.54, 1.807) is 31.8 Å². The molecule has 0 saturated carbocycles. The summed E-state index contributed by atoms with van der Waals surface area (Å²) in [7, 11) is 1.62. The number of rotatable bonds is 4. The number of methoxy groups -OCH3 is 1. The Kier molecular flexibility index (Phi) is 3.99. The van der Waals surface area contributed by atoms with Crippen molar-refractivity contribution in [3.8, 4) is 22.8 Å². The summed E-state index contributed by atoms with van der Waals surface area (Å²) in [6, 6.07) is 10.9. The molecule has 1 aromatic carbocycles. The van der Waals surface area contributed by atoms with E-state index in [4.69, 9.17) is 9.29 Å². The number of imidazole rings is 1. The van der Waals surface area contributed by atoms with Crippen LogP contribution in [0.1, 0.15) is 0 Å². The summed E-state index contributed by atoms with van der Waals surface area (Å²) >= 11 is -2.03. The maximum Gasteiger partial charge on any atom is 0.188 e. The highest BCUT2D eigenvalue weighted by Crippen LogP contribution is 2.24. The smallest absolute Gasteiger partial charge is 0.188 e. The summed E-state index contributed by atoms with van der Waals surface area (Å²) in [6.07, 6.45) is 4.77. The van der Waals surface area contributed by atoms with E-state index < -0.39 is 11.1 Å². The van der Waals surface area contributed by atoms with E-state index in [0.717, 1.165) is 17.0 Å². The lowest BCUT2D eigenvalue weighted by Gasteiger charge is -2.08. The maximum absolute atomic E-state index is 11.0. The van der Waals surface area contributed by atoms with Gasteiger partial charge in [0.15, 0.2) is 11.1 Å². The molecule has 1 N–H and O–H groups in total. The van der Waals surface area contributed by atoms with E-state index in [1.807, 2.05) is 28.8 Å². The molecule has 0 saturated heterocycles. The van der Waals surface area contributed by atoms with Crippen molar-refractivity contribution in [2.24, 2.45) is 0 Å². The lowest BCUT2D eigenvalue weighted by Crippen LogP contribution is -1.99. The first kappa shape index (κ1) is 14.4. The summed E-state index contributed by atoms with van der Waals surface area (Å²) in [5, 5.41) is 0. The van der Waals surface area contributed by atoms with Crippen LogP contribution in [0.5, 0.6) is 5.75 Å². The highest BCUT2D eigenvalue weighted by molar-refractivity contribution is 7.79. The largest absolute Gasteiger partial charge is 0.497 e. The number of hydrogen-bond donors (Lipinski definition) is 1. The zero-order chi connectivity index (χ0) is 15.5. The number of benzene rings is 1. The lowest BCUT2D eigenvalue weighted by molar-refractivity contribution is 0.415. The molecule has 0 amide bonds. The molecular weight excluding hydrogens is 302 g/mol. The summed E-state index contributed by atoms with van der Waals surface area (Å²) < 4.78 is 27.0. The molecule has 0 aliphatic rings. The summed E-state index contributed by atoms with van der Waals surface area (Å²) in [4.78, 5) is 8.62. The second-order valence-electron chi connectivity index (χ2n) is 4.48. The highest BCUT2D eigenvalue weighted by atomic mass is 32.2. The number of aromatic nitrogens is 3. The van der Waals surface area contributed by atoms with Gasteiger partial charge >= 0.3 is 0 Å². The molecule has 22 heavy (non-hydrogen) atoms. The van der Waals surface area contributed by atoms with E-state index in [-0.39, 0.29) is 4.90 Å². The Morgan fingerprint density at radius 2 is 1.91 bits per heavy atom. The van der Waals surface area contributed by atoms with Gasteiger partial charge in [-0.2, -0.15) is 0 Å². The molecule has 2 aromatic heterocycles. The van der Waals surface area contributed by atoms with E-state index in [1.165, 1.54) is 6.20 Å². The Balaban J connectivity index is 1.99. The predicted molar refractivity (Wildman–Crippen MR) is 82.4 cm³/mol. The second kappa shape index (κ2) is 6.08. The fraction of sp³-hybridized carbons (Fsp3) is 0.0667. The fourth-order valence-corrected chi connectivity index (χ4v) is 2.40. The maximum atomic E-state index is 11.0. The molecule has 0 fully saturated rings. The van der Waals surface area contributed by atoms with Crippen LogP contribution in [-0.2, 0) is 11.1 Å². The molecule has 1 unspecified atom stereocenters. The molecule has 0 aliphatic heterocycles. The van der Waals surface area contributed by atoms with Crippen LogP contribution in [0.25, 0.3) is 17.1 Å². The molecule has 2 heterocycles. The van der Waals surface area contributed by atoms with Crippen molar-refractivity contribution in [3.63, 3.8) is 0 Å². The van der Waals surface area contributed by atoms with Gasteiger partial charge in [0.05, 0.1) is 23.9 Å². The molecule has 1 atom stereocenters. The minimum absolute atomic E-state index is 0.259. The standard InChI is InChI=1S/C15H13N3O3S/c1-21-12-4-2-11(3-5-12)14-9-16-10-18(14)15-7-6-13(8-17-15)22(19)20/h2-10H,1H3,(H,19,20). The minimum atomic E-state index is -2.03. The quantitative estimate of drug-likeness (QED) is 0.749. The third-order valence-electron chi connectivity index (χ3n) is 3.19. The average Bonchev–Trinajstić information content (AvgIpc) is 3.04. The molecule has 0 radical (unpaired) electrons. The Bertz CT molecular complexity index is 798. The van der Waals surface area contributed by atoms with Crippen LogP contribution in [-0.4, -0.2) is 30.4 Å². The van der Waals surface area contributed by atoms with Crippen molar-refractivity contribution >= 4 is 11.1 Å². The van der Waals surface area contributed by atoms with Gasteiger partial charge in [0.2, 0.25) is 0 Å². The first-order valence-corrected chi connectivity index (χ1v) is 7.54. The molecule has 0 aliphatic carbocycles. The molecule has 3 rings (SSSR count). The van der Waals surface area contributed by atoms with Gasteiger partial charge in [-0.3, -0.25) is 4.57 Å². The number of pyridine rings is 1. The molecule has 7 heteroatoms. The Morgan fingerprint density at radius 3 is 2.50 bits per heavy atom. The van der Waals surface area contributed by atoms with Gasteiger partial charge in [0, 0.05) is 11.8 Å². The first-order valence-electron chi connectivity index (χ1n) is 6.43. The fourth-order valence-electron chi connectivity index (χ4n) is 2.07. The van der Waals surface area contributed by atoms with Gasteiger partial charge in [0.1, 0.15) is 17.9 Å². The van der Waals surface area contributed by atoms with Crippen molar-refractivity contribution in [1.29, 1.82) is 0 Å². The summed E-state index contributed by atoms with van der Waals surface area (Å²) in [6.45, 7) is 0. The molecule has 3 aromatic rings. The van der Waals surface area contributed by atoms with Crippen LogP contribution in [0.2, 0.25) is 0 Å². The van der Waals surface area contributed by atoms with Gasteiger partial charge in [-0.05, 0) is 36.4 Å². The number of hydrogen-bond acceptors (Lipinski definition) is 4. The Morgan fingerprint density at radius 1 is 1.14 bits per heavy atom. The van der Waals surface area contributed by atoms with Crippen molar-refractivity contribution in [2.45, 2.75) is 4.90 Å². The highest BCUT2D eigenvalue weighted by Gasteiger charge is 2.09. The van der Waals surface area contributed by atoms with E-state index in [2.05, 4.69) is 9.97 Å². The summed E-state index contributed by atoms with van der Waals surface area (Å²) in [5.74, 6) is 1.40. The van der Waals surface area contributed by atoms with Gasteiger partial charge in [-0.15, -0.1) is 0 Å². The third-order valence-corrected chi connectivity index (χ3v) is 3.84. The van der Waals surface area contributed by atoms with E-state index >= 15 is 0 Å². The topological polar surface area (TPSA) is 77.2 Å². The van der Waals surface area contributed by atoms with E-state index in [9.17, 15) is 4.21 Å². The van der Waals surface area contributed by atoms with Crippen LogP contribution in [0, 0.1) is 0 Å². The van der Waals surface area contributed by atoms with Crippen molar-refractivity contribution in [3.05, 3.63) is 55.1 Å². The van der Waals surface area contributed by atoms with Crippen molar-refractivity contribution < 1.29 is 13.5 Å². The first-order chi connectivity index (χ1) is 10.7. The van der Waals surface area contributed by atoms with Gasteiger partial charge < -0.3 is 9.29 Å². The number of ether oxygens (including phenoxy) is 1. The second-order valence-corrected chi connectivity index (χ2v) is 5.45. The Hall–Kier alpha value is -2.51. The zero-order valence-corrected chi connectivity index (χ0v) is 12.5. The van der Waals surface area contributed by atoms with Crippen LogP contribution in [0.4, 0.5) is 0 Å². The Labute approximate surface area is 129 Å². The monoisotopic (exact) mass is 315 g/mol. The van der Waals surface area contributed by atoms with Crippen LogP contribution >= 0.6 is 0 Å². The van der Waals surface area contributed by atoms with Gasteiger partial charge in [0.25, 0.3) is 0 Å². The molecule has 6 nitrogen and oxygen atoms in total. The van der Waals surface area contributed by atoms with Crippen molar-refractivity contribution in [1.82, 2.24) is 14.5 Å². The summed E-state index contributed by atoms with van der Waals surface area (Å²) in [5.41, 5.74) is 1.84. The minimum Gasteiger partial charge on any atom is -0.497 e. The van der Waals surface area contributed by atoms with Gasteiger partial charge in [-0.1, -0.05) is 0 Å². The molecule has 112 valence electrons. The number of nitrogens with zero attached hydrogens (tertiary/aromatic N) is 3. The van der Waals surface area contributed by atoms with Gasteiger partial charge in [-0.25, -0.2) is 14.2 Å². The van der Waals surface area contributed by atoms with Crippen LogP contribution < -0.4 is 4.74 Å². The average molecular weight is 315 g/mol. The van der Waals surface area contributed by atoms with Crippen LogP contribution in [0.15, 0.2) is 60.0 Å². The SMILES string of the molecule is COc1ccc(-c2cncn2-c2ccc(S(=O)O)cn2)cc1. The third kappa shape index (κ3) is 2.76. The molecular formula is C15H13N3O3S. The normalized spacial score (nSPS) is 12.1. The predicted octanol–water partition coefficient (Wildman–Crippen LogP) is 2.52. The lowest BCUT2D eigenvalue weighted by atomic mass is 10.1. The van der Waals surface area contributed by atoms with Crippen LogP contribution in [0.3, 0.4) is 0 Å². The zero-order valence-electron chi connectivity index (χ0n) is 11.7. The van der Waals surface area contributed by atoms with Crippen molar-refractivity contribution in [2.75, 3.05) is 7.11 Å².